The maximum Gasteiger partial charge on any atom is 0.408 e. The second-order valence-corrected chi connectivity index (χ2v) is 9.15. The van der Waals surface area contributed by atoms with Crippen LogP contribution in [0, 0.1) is 5.92 Å². The third kappa shape index (κ3) is 9.45. The second-order valence-electron chi connectivity index (χ2n) is 9.15. The average molecular weight is 408 g/mol. The SMILES string of the molecule is CC(C)C(NC(=O)OC(C)(C)C)C(=O)COc1ccc(C(=O)OC(C)(C)C)cc1. The molecule has 1 rings (SSSR count). The lowest BCUT2D eigenvalue weighted by Crippen LogP contribution is -2.48. The zero-order valence-electron chi connectivity index (χ0n) is 18.6. The number of carbonyl (C=O) groups excluding carboxylic acids is 3. The van der Waals surface area contributed by atoms with Gasteiger partial charge in [-0.15, -0.1) is 0 Å². The van der Waals surface area contributed by atoms with E-state index in [-0.39, 0.29) is 18.3 Å². The molecule has 0 saturated heterocycles. The van der Waals surface area contributed by atoms with Gasteiger partial charge in [-0.1, -0.05) is 13.8 Å². The van der Waals surface area contributed by atoms with E-state index >= 15 is 0 Å². The second kappa shape index (κ2) is 9.76. The summed E-state index contributed by atoms with van der Waals surface area (Å²) in [5.41, 5.74) is -0.836. The summed E-state index contributed by atoms with van der Waals surface area (Å²) in [6.07, 6.45) is -0.647. The smallest absolute Gasteiger partial charge is 0.408 e. The predicted octanol–water partition coefficient (Wildman–Crippen LogP) is 4.14. The molecule has 0 heterocycles. The van der Waals surface area contributed by atoms with Gasteiger partial charge in [0.15, 0.2) is 5.78 Å². The summed E-state index contributed by atoms with van der Waals surface area (Å²) in [5, 5.41) is 2.60. The molecule has 7 nitrogen and oxygen atoms in total. The Morgan fingerprint density at radius 3 is 1.86 bits per heavy atom. The minimum atomic E-state index is -0.731. The van der Waals surface area contributed by atoms with E-state index in [0.29, 0.717) is 11.3 Å². The maximum atomic E-state index is 12.5. The van der Waals surface area contributed by atoms with Crippen molar-refractivity contribution in [3.63, 3.8) is 0 Å². The summed E-state index contributed by atoms with van der Waals surface area (Å²) < 4.78 is 16.0. The number of carbonyl (C=O) groups is 3. The van der Waals surface area contributed by atoms with Gasteiger partial charge in [0.1, 0.15) is 23.6 Å². The Kier molecular flexibility index (Phi) is 8.24. The normalized spacial score (nSPS) is 12.9. The number of Topliss-reactive ketones (excluding diaryl/α,β-unsaturated/α-hetero) is 1. The number of esters is 1. The molecular formula is C22H33NO6. The van der Waals surface area contributed by atoms with E-state index in [1.807, 2.05) is 13.8 Å². The minimum absolute atomic E-state index is 0.131. The third-order valence-corrected chi connectivity index (χ3v) is 3.56. The van der Waals surface area contributed by atoms with Gasteiger partial charge in [-0.2, -0.15) is 0 Å². The Labute approximate surface area is 173 Å². The van der Waals surface area contributed by atoms with Gasteiger partial charge in [-0.05, 0) is 71.7 Å². The lowest BCUT2D eigenvalue weighted by molar-refractivity contribution is -0.124. The van der Waals surface area contributed by atoms with Crippen LogP contribution in [0.4, 0.5) is 4.79 Å². The van der Waals surface area contributed by atoms with Crippen LogP contribution in [0.3, 0.4) is 0 Å². The number of amides is 1. The van der Waals surface area contributed by atoms with Crippen molar-refractivity contribution in [2.45, 2.75) is 72.6 Å². The number of ether oxygens (including phenoxy) is 3. The Balaban J connectivity index is 2.67. The van der Waals surface area contributed by atoms with Crippen LogP contribution in [0.15, 0.2) is 24.3 Å². The Morgan fingerprint density at radius 2 is 1.41 bits per heavy atom. The molecule has 0 aromatic heterocycles. The van der Waals surface area contributed by atoms with Gasteiger partial charge >= 0.3 is 12.1 Å². The molecule has 0 aliphatic rings. The largest absolute Gasteiger partial charge is 0.486 e. The first kappa shape index (κ1) is 24.5. The molecule has 0 aliphatic carbocycles. The van der Waals surface area contributed by atoms with Gasteiger partial charge in [0.05, 0.1) is 11.6 Å². The van der Waals surface area contributed by atoms with Gasteiger partial charge in [-0.25, -0.2) is 9.59 Å². The molecule has 0 spiro atoms. The third-order valence-electron chi connectivity index (χ3n) is 3.56. The molecule has 0 aliphatic heterocycles. The van der Waals surface area contributed by atoms with Crippen molar-refractivity contribution < 1.29 is 28.6 Å². The van der Waals surface area contributed by atoms with Crippen molar-refractivity contribution in [3.05, 3.63) is 29.8 Å². The van der Waals surface area contributed by atoms with E-state index in [1.54, 1.807) is 65.8 Å². The van der Waals surface area contributed by atoms with Gasteiger partial charge in [0, 0.05) is 0 Å². The number of hydrogen-bond acceptors (Lipinski definition) is 6. The van der Waals surface area contributed by atoms with E-state index in [0.717, 1.165) is 0 Å². The molecule has 162 valence electrons. The van der Waals surface area contributed by atoms with Gasteiger partial charge in [0.25, 0.3) is 0 Å². The summed E-state index contributed by atoms with van der Waals surface area (Å²) >= 11 is 0. The molecule has 1 aromatic carbocycles. The highest BCUT2D eigenvalue weighted by atomic mass is 16.6. The summed E-state index contributed by atoms with van der Waals surface area (Å²) in [6, 6.07) is 5.61. The predicted molar refractivity (Wildman–Crippen MR) is 110 cm³/mol. The minimum Gasteiger partial charge on any atom is -0.486 e. The number of hydrogen-bond donors (Lipinski definition) is 1. The topological polar surface area (TPSA) is 90.9 Å². The first-order valence-electron chi connectivity index (χ1n) is 9.66. The van der Waals surface area contributed by atoms with Crippen LogP contribution in [0.2, 0.25) is 0 Å². The molecule has 7 heteroatoms. The summed E-state index contributed by atoms with van der Waals surface area (Å²) in [7, 11) is 0. The summed E-state index contributed by atoms with van der Waals surface area (Å²) in [4.78, 5) is 36.5. The Hall–Kier alpha value is -2.57. The van der Waals surface area contributed by atoms with Crippen molar-refractivity contribution in [1.29, 1.82) is 0 Å². The molecule has 0 radical (unpaired) electrons. The molecule has 0 saturated carbocycles. The standard InChI is InChI=1S/C22H33NO6/c1-14(2)18(23-20(26)29-22(6,7)8)17(24)13-27-16-11-9-15(10-12-16)19(25)28-21(3,4)5/h9-12,14,18H,13H2,1-8H3,(H,23,26). The summed E-state index contributed by atoms with van der Waals surface area (Å²) in [6.45, 7) is 14.1. The van der Waals surface area contributed by atoms with E-state index < -0.39 is 29.3 Å². The van der Waals surface area contributed by atoms with Crippen LogP contribution in [-0.4, -0.2) is 41.7 Å². The molecule has 0 bridgehead atoms. The monoisotopic (exact) mass is 407 g/mol. The molecule has 1 aromatic rings. The van der Waals surface area contributed by atoms with Gasteiger partial charge in [0.2, 0.25) is 0 Å². The van der Waals surface area contributed by atoms with Crippen molar-refractivity contribution >= 4 is 17.8 Å². The summed E-state index contributed by atoms with van der Waals surface area (Å²) in [5.74, 6) is -0.401. The fourth-order valence-electron chi connectivity index (χ4n) is 2.32. The molecule has 1 amide bonds. The van der Waals surface area contributed by atoms with Gasteiger partial charge in [-0.3, -0.25) is 4.79 Å². The van der Waals surface area contributed by atoms with Crippen LogP contribution < -0.4 is 10.1 Å². The first-order valence-corrected chi connectivity index (χ1v) is 9.66. The highest BCUT2D eigenvalue weighted by Crippen LogP contribution is 2.17. The number of benzene rings is 1. The molecule has 29 heavy (non-hydrogen) atoms. The van der Waals surface area contributed by atoms with Crippen molar-refractivity contribution in [2.24, 2.45) is 5.92 Å². The van der Waals surface area contributed by atoms with Crippen LogP contribution in [-0.2, 0) is 14.3 Å². The maximum absolute atomic E-state index is 12.5. The Morgan fingerprint density at radius 1 is 0.897 bits per heavy atom. The van der Waals surface area contributed by atoms with E-state index in [9.17, 15) is 14.4 Å². The van der Waals surface area contributed by atoms with Crippen LogP contribution in [0.25, 0.3) is 0 Å². The quantitative estimate of drug-likeness (QED) is 0.683. The van der Waals surface area contributed by atoms with Crippen LogP contribution in [0.5, 0.6) is 5.75 Å². The number of alkyl carbamates (subject to hydrolysis) is 1. The molecule has 1 atom stereocenters. The Bertz CT molecular complexity index is 710. The van der Waals surface area contributed by atoms with Crippen molar-refractivity contribution in [1.82, 2.24) is 5.32 Å². The average Bonchev–Trinajstić information content (AvgIpc) is 2.54. The number of ketones is 1. The van der Waals surface area contributed by atoms with Crippen LogP contribution in [0.1, 0.15) is 65.7 Å². The van der Waals surface area contributed by atoms with E-state index in [2.05, 4.69) is 5.32 Å². The van der Waals surface area contributed by atoms with Crippen molar-refractivity contribution in [2.75, 3.05) is 6.61 Å². The molecule has 0 fully saturated rings. The van der Waals surface area contributed by atoms with Crippen LogP contribution >= 0.6 is 0 Å². The van der Waals surface area contributed by atoms with E-state index in [4.69, 9.17) is 14.2 Å². The van der Waals surface area contributed by atoms with Gasteiger partial charge < -0.3 is 19.5 Å². The highest BCUT2D eigenvalue weighted by molar-refractivity contribution is 5.90. The molecule has 1 unspecified atom stereocenters. The lowest BCUT2D eigenvalue weighted by Gasteiger charge is -2.25. The fraction of sp³-hybridized carbons (Fsp3) is 0.591. The molecule has 1 N–H and O–H groups in total. The number of nitrogens with one attached hydrogen (secondary N) is 1. The lowest BCUT2D eigenvalue weighted by atomic mass is 10.0. The highest BCUT2D eigenvalue weighted by Gasteiger charge is 2.27. The zero-order chi connectivity index (χ0) is 22.4. The van der Waals surface area contributed by atoms with Crippen molar-refractivity contribution in [3.8, 4) is 5.75 Å². The number of rotatable bonds is 7. The fourth-order valence-corrected chi connectivity index (χ4v) is 2.32. The zero-order valence-corrected chi connectivity index (χ0v) is 18.6. The molecular weight excluding hydrogens is 374 g/mol. The van der Waals surface area contributed by atoms with E-state index in [1.165, 1.54) is 0 Å². The first-order chi connectivity index (χ1) is 13.2.